The van der Waals surface area contributed by atoms with Gasteiger partial charge in [-0.2, -0.15) is 9.90 Å². The van der Waals surface area contributed by atoms with E-state index in [9.17, 15) is 0 Å². The predicted molar refractivity (Wildman–Crippen MR) is 30.0 cm³/mol. The molecule has 0 aromatic heterocycles. The molecule has 0 aromatic rings. The molecule has 5 heavy (non-hydrogen) atoms. The fraction of sp³-hybridized carbons (Fsp3) is 0. The summed E-state index contributed by atoms with van der Waals surface area (Å²) < 4.78 is 3.88. The minimum absolute atomic E-state index is 0. The Morgan fingerprint density at radius 3 is 1.20 bits per heavy atom. The Labute approximate surface area is 79.7 Å². The largest absolute Gasteiger partial charge is 0.230 e. The molecular weight excluding hydrogens is 346 g/mol. The van der Waals surface area contributed by atoms with Crippen LogP contribution in [-0.4, -0.2) is 0 Å². The van der Waals surface area contributed by atoms with E-state index in [1.165, 1.54) is 0 Å². The standard InChI is InChI=1S/Br2O.La.H3P/c1-3-2;;/h;;1H3. The first-order chi connectivity index (χ1) is 1.41. The van der Waals surface area contributed by atoms with Crippen LogP contribution in [-0.2, 0) is 2.92 Å². The van der Waals surface area contributed by atoms with Gasteiger partial charge in [0, 0.05) is 35.6 Å². The second-order valence-electron chi connectivity index (χ2n) is 0.0583. The Balaban J connectivity index is -0.0000000200. The summed E-state index contributed by atoms with van der Waals surface area (Å²) in [5.74, 6) is 0. The van der Waals surface area contributed by atoms with Gasteiger partial charge in [0.1, 0.15) is 32.5 Å². The van der Waals surface area contributed by atoms with Gasteiger partial charge >= 0.3 is 0 Å². The van der Waals surface area contributed by atoms with Crippen molar-refractivity contribution in [1.82, 2.24) is 0 Å². The molecule has 0 aliphatic heterocycles. The van der Waals surface area contributed by atoms with Crippen molar-refractivity contribution < 1.29 is 38.5 Å². The summed E-state index contributed by atoms with van der Waals surface area (Å²) in [5.41, 5.74) is 0. The van der Waals surface area contributed by atoms with Crippen LogP contribution in [0, 0.1) is 35.6 Å². The van der Waals surface area contributed by atoms with Crippen LogP contribution in [0.1, 0.15) is 0 Å². The van der Waals surface area contributed by atoms with Crippen molar-refractivity contribution in [1.29, 1.82) is 0 Å². The Kier molecular flexibility index (Phi) is 50.1. The first-order valence-corrected chi connectivity index (χ1v) is 1.60. The fourth-order valence-corrected chi connectivity index (χ4v) is 0. The van der Waals surface area contributed by atoms with Gasteiger partial charge in [-0.1, -0.05) is 0 Å². The van der Waals surface area contributed by atoms with Crippen LogP contribution in [0.2, 0.25) is 0 Å². The summed E-state index contributed by atoms with van der Waals surface area (Å²) in [7, 11) is 0. The molecule has 1 radical (unpaired) electrons. The van der Waals surface area contributed by atoms with Crippen molar-refractivity contribution in [3.05, 3.63) is 0 Å². The van der Waals surface area contributed by atoms with Crippen molar-refractivity contribution in [3.8, 4) is 0 Å². The maximum absolute atomic E-state index is 3.88. The topological polar surface area (TPSA) is 9.23 Å². The van der Waals surface area contributed by atoms with Crippen LogP contribution in [0.3, 0.4) is 0 Å². The van der Waals surface area contributed by atoms with Crippen LogP contribution in [0.25, 0.3) is 0 Å². The summed E-state index contributed by atoms with van der Waals surface area (Å²) in [4.78, 5) is 0. The zero-order chi connectivity index (χ0) is 2.71. The van der Waals surface area contributed by atoms with Crippen LogP contribution in [0.4, 0.5) is 0 Å². The molecule has 0 fully saturated rings. The predicted octanol–water partition coefficient (Wildman–Crippen LogP) is 1.68. The zero-order valence-corrected chi connectivity index (χ0v) is 10.7. The Morgan fingerprint density at radius 2 is 1.20 bits per heavy atom. The van der Waals surface area contributed by atoms with Gasteiger partial charge in [0.05, 0.1) is 0 Å². The van der Waals surface area contributed by atoms with E-state index in [0.717, 1.165) is 0 Å². The molecule has 0 rings (SSSR count). The summed E-state index contributed by atoms with van der Waals surface area (Å²) >= 11 is 5.12. The molecule has 0 bridgehead atoms. The van der Waals surface area contributed by atoms with Crippen molar-refractivity contribution >= 4 is 42.4 Å². The molecule has 0 aliphatic carbocycles. The molecule has 0 aromatic carbocycles. The number of rotatable bonds is 0. The van der Waals surface area contributed by atoms with Gasteiger partial charge in [-0.25, -0.2) is 2.92 Å². The minimum atomic E-state index is 0. The summed E-state index contributed by atoms with van der Waals surface area (Å²) in [6, 6.07) is 0. The molecule has 1 atom stereocenters. The van der Waals surface area contributed by atoms with Gasteiger partial charge < -0.3 is 0 Å². The molecule has 1 unspecified atom stereocenters. The van der Waals surface area contributed by atoms with Gasteiger partial charge in [-0.3, -0.25) is 0 Å². The minimum Gasteiger partial charge on any atom is -0.230 e. The molecule has 0 saturated carbocycles. The number of hydrogen-bond donors (Lipinski definition) is 0. The quantitative estimate of drug-likeness (QED) is 0.605. The number of halogens is 2. The summed E-state index contributed by atoms with van der Waals surface area (Å²) in [5, 5.41) is 0. The third kappa shape index (κ3) is 20.9. The third-order valence-electron chi connectivity index (χ3n) is 0. The molecule has 0 N–H and O–H groups in total. The molecule has 31 valence electrons. The fourth-order valence-electron chi connectivity index (χ4n) is 0. The molecule has 0 aliphatic rings. The second kappa shape index (κ2) is 16.0. The van der Waals surface area contributed by atoms with Crippen molar-refractivity contribution in [2.45, 2.75) is 0 Å². The van der Waals surface area contributed by atoms with E-state index in [-0.39, 0.29) is 45.5 Å². The second-order valence-corrected chi connectivity index (χ2v) is 1.57. The van der Waals surface area contributed by atoms with Gasteiger partial charge in [0.2, 0.25) is 0 Å². The molecule has 0 saturated heterocycles. The number of hydrogen-bond acceptors (Lipinski definition) is 1. The van der Waals surface area contributed by atoms with Gasteiger partial charge in [-0.05, 0) is 0 Å². The van der Waals surface area contributed by atoms with Crippen molar-refractivity contribution in [2.24, 2.45) is 0 Å². The zero-order valence-electron chi connectivity index (χ0n) is 2.45. The first-order valence-electron chi connectivity index (χ1n) is 0.309. The third-order valence-corrected chi connectivity index (χ3v) is 0. The van der Waals surface area contributed by atoms with E-state index in [2.05, 4.69) is 35.4 Å². The molecule has 0 heterocycles. The molecule has 0 amide bonds. The maximum Gasteiger partial charge on any atom is 0.115 e. The van der Waals surface area contributed by atoms with Gasteiger partial charge in [0.15, 0.2) is 0 Å². The van der Waals surface area contributed by atoms with E-state index >= 15 is 0 Å². The molecule has 1 nitrogen and oxygen atoms in total. The average Bonchev–Trinajstić information content (AvgIpc) is 0.918. The van der Waals surface area contributed by atoms with Crippen molar-refractivity contribution in [2.75, 3.05) is 0 Å². The van der Waals surface area contributed by atoms with Crippen LogP contribution in [0.5, 0.6) is 0 Å². The maximum atomic E-state index is 3.88. The Morgan fingerprint density at radius 1 is 1.20 bits per heavy atom. The van der Waals surface area contributed by atoms with E-state index in [4.69, 9.17) is 0 Å². The molecule has 0 spiro atoms. The summed E-state index contributed by atoms with van der Waals surface area (Å²) in [6.07, 6.45) is 0. The van der Waals surface area contributed by atoms with E-state index in [1.807, 2.05) is 0 Å². The molecule has 5 heteroatoms. The molecular formula is H3Br2LaOP. The Hall–Kier alpha value is 2.54. The van der Waals surface area contributed by atoms with Gasteiger partial charge in [-0.15, -0.1) is 0 Å². The van der Waals surface area contributed by atoms with Crippen molar-refractivity contribution in [3.63, 3.8) is 0 Å². The van der Waals surface area contributed by atoms with E-state index < -0.39 is 0 Å². The summed E-state index contributed by atoms with van der Waals surface area (Å²) in [6.45, 7) is 0. The Bertz CT molecular complexity index is 9.61. The monoisotopic (exact) mass is 347 g/mol. The van der Waals surface area contributed by atoms with Crippen LogP contribution in [0.15, 0.2) is 0 Å². The van der Waals surface area contributed by atoms with E-state index in [0.29, 0.717) is 0 Å². The normalized spacial score (nSPS) is 3.60. The SMILES string of the molecule is BrOBr.P.[La]. The van der Waals surface area contributed by atoms with Crippen LogP contribution < -0.4 is 0 Å². The smallest absolute Gasteiger partial charge is 0.115 e. The average molecular weight is 349 g/mol. The van der Waals surface area contributed by atoms with E-state index in [1.54, 1.807) is 0 Å². The first kappa shape index (κ1) is 15.6. The van der Waals surface area contributed by atoms with Crippen LogP contribution >= 0.6 is 42.4 Å². The van der Waals surface area contributed by atoms with Gasteiger partial charge in [0.25, 0.3) is 0 Å².